The SMILES string of the molecule is O=C1C/C(=C\c2cnn3c(NC4CC4)nc(OCc4ccccc4Cl)nc23)C(=O)N1. The Morgan fingerprint density at radius 2 is 2.10 bits per heavy atom. The second-order valence-electron chi connectivity index (χ2n) is 7.19. The topological polar surface area (TPSA) is 111 Å². The van der Waals surface area contributed by atoms with E-state index in [2.05, 4.69) is 25.7 Å². The Bertz CT molecular complexity index is 1200. The van der Waals surface area contributed by atoms with Crippen LogP contribution in [0.3, 0.4) is 0 Å². The number of ether oxygens (including phenoxy) is 1. The lowest BCUT2D eigenvalue weighted by atomic mass is 10.1. The number of hydrogen-bond donors (Lipinski definition) is 2. The molecule has 2 aromatic heterocycles. The highest BCUT2D eigenvalue weighted by Gasteiger charge is 2.26. The zero-order valence-electron chi connectivity index (χ0n) is 15.8. The van der Waals surface area contributed by atoms with Crippen molar-refractivity contribution in [3.05, 3.63) is 52.2 Å². The van der Waals surface area contributed by atoms with Crippen molar-refractivity contribution >= 4 is 41.1 Å². The summed E-state index contributed by atoms with van der Waals surface area (Å²) in [5, 5.41) is 10.5. The molecule has 0 radical (unpaired) electrons. The lowest BCUT2D eigenvalue weighted by molar-refractivity contribution is -0.124. The molecule has 0 unspecified atom stereocenters. The van der Waals surface area contributed by atoms with Gasteiger partial charge in [-0.05, 0) is 25.0 Å². The lowest BCUT2D eigenvalue weighted by Crippen LogP contribution is -2.19. The number of hydrogen-bond acceptors (Lipinski definition) is 7. The summed E-state index contributed by atoms with van der Waals surface area (Å²) in [7, 11) is 0. The van der Waals surface area contributed by atoms with E-state index in [0.29, 0.717) is 33.8 Å². The highest BCUT2D eigenvalue weighted by atomic mass is 35.5. The van der Waals surface area contributed by atoms with Gasteiger partial charge in [-0.25, -0.2) is 0 Å². The van der Waals surface area contributed by atoms with Crippen molar-refractivity contribution in [3.8, 4) is 6.01 Å². The van der Waals surface area contributed by atoms with Gasteiger partial charge < -0.3 is 10.1 Å². The molecule has 0 bridgehead atoms. The van der Waals surface area contributed by atoms with Gasteiger partial charge in [-0.2, -0.15) is 19.6 Å². The minimum atomic E-state index is -0.403. The predicted octanol–water partition coefficient (Wildman–Crippen LogP) is 2.36. The molecule has 3 aromatic rings. The molecule has 1 aliphatic carbocycles. The fourth-order valence-electron chi connectivity index (χ4n) is 3.11. The molecule has 9 nitrogen and oxygen atoms in total. The number of carbonyl (C=O) groups excluding carboxylic acids is 2. The number of carbonyl (C=O) groups is 2. The van der Waals surface area contributed by atoms with Crippen molar-refractivity contribution in [3.63, 3.8) is 0 Å². The third kappa shape index (κ3) is 3.71. The highest BCUT2D eigenvalue weighted by molar-refractivity contribution is 6.31. The number of nitrogens with one attached hydrogen (secondary N) is 2. The summed E-state index contributed by atoms with van der Waals surface area (Å²) in [5.74, 6) is -0.217. The van der Waals surface area contributed by atoms with Gasteiger partial charge in [0.1, 0.15) is 6.61 Å². The summed E-state index contributed by atoms with van der Waals surface area (Å²) in [6.45, 7) is 0.209. The van der Waals surface area contributed by atoms with Crippen LogP contribution < -0.4 is 15.4 Å². The van der Waals surface area contributed by atoms with E-state index in [1.807, 2.05) is 18.2 Å². The summed E-state index contributed by atoms with van der Waals surface area (Å²) in [5.41, 5.74) is 2.25. The number of halogens is 1. The van der Waals surface area contributed by atoms with Crippen LogP contribution in [0.4, 0.5) is 5.95 Å². The van der Waals surface area contributed by atoms with E-state index >= 15 is 0 Å². The molecule has 1 saturated carbocycles. The molecule has 2 amide bonds. The van der Waals surface area contributed by atoms with Gasteiger partial charge in [-0.1, -0.05) is 29.8 Å². The second-order valence-corrected chi connectivity index (χ2v) is 7.59. The van der Waals surface area contributed by atoms with E-state index in [1.54, 1.807) is 22.9 Å². The van der Waals surface area contributed by atoms with Crippen LogP contribution in [0.1, 0.15) is 30.4 Å². The zero-order chi connectivity index (χ0) is 20.7. The van der Waals surface area contributed by atoms with Gasteiger partial charge in [0.2, 0.25) is 11.9 Å². The number of anilines is 1. The van der Waals surface area contributed by atoms with Crippen molar-refractivity contribution in [2.45, 2.75) is 31.9 Å². The van der Waals surface area contributed by atoms with E-state index in [9.17, 15) is 9.59 Å². The normalized spacial score (nSPS) is 17.6. The summed E-state index contributed by atoms with van der Waals surface area (Å²) in [4.78, 5) is 32.3. The Balaban J connectivity index is 1.51. The maximum Gasteiger partial charge on any atom is 0.322 e. The Hall–Kier alpha value is -3.46. The number of aromatic nitrogens is 4. The molecular weight excluding hydrogens is 408 g/mol. The van der Waals surface area contributed by atoms with E-state index in [0.717, 1.165) is 18.4 Å². The van der Waals surface area contributed by atoms with Crippen LogP contribution in [0, 0.1) is 0 Å². The van der Waals surface area contributed by atoms with Gasteiger partial charge in [-0.15, -0.1) is 0 Å². The van der Waals surface area contributed by atoms with Gasteiger partial charge in [-0.3, -0.25) is 14.9 Å². The van der Waals surface area contributed by atoms with Crippen LogP contribution in [0.25, 0.3) is 11.7 Å². The number of rotatable bonds is 6. The molecule has 10 heteroatoms. The first-order valence-electron chi connectivity index (χ1n) is 9.50. The van der Waals surface area contributed by atoms with E-state index in [1.165, 1.54) is 0 Å². The first-order valence-corrected chi connectivity index (χ1v) is 9.88. The first kappa shape index (κ1) is 18.6. The molecule has 0 spiro atoms. The summed E-state index contributed by atoms with van der Waals surface area (Å²) < 4.78 is 7.39. The molecule has 0 atom stereocenters. The van der Waals surface area contributed by atoms with Crippen molar-refractivity contribution in [1.82, 2.24) is 24.9 Å². The van der Waals surface area contributed by atoms with Crippen LogP contribution in [0.5, 0.6) is 6.01 Å². The molecule has 5 rings (SSSR count). The average molecular weight is 425 g/mol. The van der Waals surface area contributed by atoms with Crippen LogP contribution in [-0.4, -0.2) is 37.4 Å². The van der Waals surface area contributed by atoms with Crippen LogP contribution in [0.2, 0.25) is 5.02 Å². The van der Waals surface area contributed by atoms with Crippen LogP contribution >= 0.6 is 11.6 Å². The largest absolute Gasteiger partial charge is 0.458 e. The van der Waals surface area contributed by atoms with Crippen molar-refractivity contribution in [2.75, 3.05) is 5.32 Å². The zero-order valence-corrected chi connectivity index (χ0v) is 16.5. The molecule has 2 N–H and O–H groups in total. The Morgan fingerprint density at radius 3 is 2.83 bits per heavy atom. The summed E-state index contributed by atoms with van der Waals surface area (Å²) in [6.07, 6.45) is 5.35. The molecular formula is C20H17ClN6O3. The standard InChI is InChI=1S/C20H17ClN6O3/c21-15-4-2-1-3-11(15)10-30-20-25-17-13(7-12-8-16(28)24-18(12)29)9-22-27(17)19(26-20)23-14-5-6-14/h1-4,7,9,14H,5-6,8,10H2,(H,23,25,26)(H,24,28,29)/b12-7+. The molecule has 1 aliphatic heterocycles. The van der Waals surface area contributed by atoms with Gasteiger partial charge in [0.15, 0.2) is 5.65 Å². The average Bonchev–Trinajstić information content (AvgIpc) is 3.36. The molecule has 152 valence electrons. The molecule has 30 heavy (non-hydrogen) atoms. The van der Waals surface area contributed by atoms with E-state index in [-0.39, 0.29) is 24.9 Å². The van der Waals surface area contributed by atoms with Gasteiger partial charge in [0.05, 0.1) is 12.6 Å². The number of nitrogens with zero attached hydrogens (tertiary/aromatic N) is 4. The second kappa shape index (κ2) is 7.42. The minimum Gasteiger partial charge on any atom is -0.458 e. The van der Waals surface area contributed by atoms with Gasteiger partial charge in [0.25, 0.3) is 5.91 Å². The highest BCUT2D eigenvalue weighted by Crippen LogP contribution is 2.27. The number of benzene rings is 1. The molecule has 1 aromatic carbocycles. The summed E-state index contributed by atoms with van der Waals surface area (Å²) >= 11 is 6.20. The number of amides is 2. The third-order valence-electron chi connectivity index (χ3n) is 4.83. The van der Waals surface area contributed by atoms with Crippen molar-refractivity contribution in [1.29, 1.82) is 0 Å². The Labute approximate surface area is 176 Å². The third-order valence-corrected chi connectivity index (χ3v) is 5.19. The molecule has 2 fully saturated rings. The maximum atomic E-state index is 11.9. The van der Waals surface area contributed by atoms with Crippen LogP contribution in [-0.2, 0) is 16.2 Å². The molecule has 3 heterocycles. The number of fused-ring (bicyclic) bond motifs is 1. The molecule has 2 aliphatic rings. The number of imide groups is 1. The quantitative estimate of drug-likeness (QED) is 0.461. The Morgan fingerprint density at radius 1 is 1.27 bits per heavy atom. The van der Waals surface area contributed by atoms with E-state index < -0.39 is 5.91 Å². The smallest absolute Gasteiger partial charge is 0.322 e. The predicted molar refractivity (Wildman–Crippen MR) is 109 cm³/mol. The van der Waals surface area contributed by atoms with Crippen LogP contribution in [0.15, 0.2) is 36.0 Å². The fraction of sp³-hybridized carbons (Fsp3) is 0.250. The van der Waals surface area contributed by atoms with Crippen molar-refractivity contribution in [2.24, 2.45) is 0 Å². The van der Waals surface area contributed by atoms with Gasteiger partial charge >= 0.3 is 6.01 Å². The minimum absolute atomic E-state index is 0.0320. The lowest BCUT2D eigenvalue weighted by Gasteiger charge is -2.10. The summed E-state index contributed by atoms with van der Waals surface area (Å²) in [6, 6.07) is 7.89. The maximum absolute atomic E-state index is 11.9. The first-order chi connectivity index (χ1) is 14.6. The molecule has 1 saturated heterocycles. The van der Waals surface area contributed by atoms with Gasteiger partial charge in [0, 0.05) is 27.8 Å². The fourth-order valence-corrected chi connectivity index (χ4v) is 3.30. The van der Waals surface area contributed by atoms with E-state index in [4.69, 9.17) is 16.3 Å². The monoisotopic (exact) mass is 424 g/mol. The Kier molecular flexibility index (Phi) is 4.59. The van der Waals surface area contributed by atoms with Crippen molar-refractivity contribution < 1.29 is 14.3 Å².